The van der Waals surface area contributed by atoms with Gasteiger partial charge in [-0.3, -0.25) is 5.32 Å². The first-order valence-electron chi connectivity index (χ1n) is 7.25. The lowest BCUT2D eigenvalue weighted by Crippen LogP contribution is -2.41. The van der Waals surface area contributed by atoms with Crippen molar-refractivity contribution in [2.75, 3.05) is 6.54 Å². The third kappa shape index (κ3) is 3.64. The molecule has 0 aliphatic carbocycles. The van der Waals surface area contributed by atoms with Gasteiger partial charge >= 0.3 is 6.09 Å². The minimum atomic E-state index is -0.536. The number of allylic oxidation sites excluding steroid dienone is 2. The van der Waals surface area contributed by atoms with Crippen molar-refractivity contribution in [3.05, 3.63) is 35.1 Å². The van der Waals surface area contributed by atoms with Crippen LogP contribution in [0.3, 0.4) is 0 Å². The lowest BCUT2D eigenvalue weighted by atomic mass is 10.2. The van der Waals surface area contributed by atoms with E-state index in [4.69, 9.17) is 4.74 Å². The number of carbonyl (C=O) groups excluding carboxylic acids is 1. The quantitative estimate of drug-likeness (QED) is 0.856. The topological polar surface area (TPSA) is 71.8 Å². The van der Waals surface area contributed by atoms with Crippen molar-refractivity contribution < 1.29 is 9.53 Å². The van der Waals surface area contributed by atoms with Gasteiger partial charge < -0.3 is 9.64 Å². The first kappa shape index (κ1) is 15.8. The molecule has 3 rings (SSSR count). The summed E-state index contributed by atoms with van der Waals surface area (Å²) in [6.07, 6.45) is 6.61. The number of aliphatic imine (C=N–C) groups is 1. The van der Waals surface area contributed by atoms with Crippen LogP contribution in [-0.4, -0.2) is 44.9 Å². The van der Waals surface area contributed by atoms with E-state index in [1.165, 1.54) is 0 Å². The molecule has 0 saturated carbocycles. The van der Waals surface area contributed by atoms with Crippen LogP contribution in [0.1, 0.15) is 20.8 Å². The fraction of sp³-hybridized carbons (Fsp3) is 0.400. The minimum Gasteiger partial charge on any atom is -0.444 e. The van der Waals surface area contributed by atoms with Crippen LogP contribution in [0.4, 0.5) is 4.79 Å². The van der Waals surface area contributed by atoms with E-state index in [2.05, 4.69) is 31.3 Å². The molecule has 2 aliphatic rings. The van der Waals surface area contributed by atoms with Crippen molar-refractivity contribution >= 4 is 33.7 Å². The molecular formula is C15H18BrN5O2. The molecule has 3 heterocycles. The zero-order chi connectivity index (χ0) is 16.6. The average Bonchev–Trinajstić information content (AvgIpc) is 3.03. The number of aromatic nitrogens is 2. The number of hydrogen-bond acceptors (Lipinski definition) is 5. The summed E-state index contributed by atoms with van der Waals surface area (Å²) in [4.78, 5) is 18.4. The van der Waals surface area contributed by atoms with E-state index in [0.29, 0.717) is 6.54 Å². The van der Waals surface area contributed by atoms with Gasteiger partial charge in [-0.15, -0.1) is 0 Å². The van der Waals surface area contributed by atoms with Gasteiger partial charge in [0.15, 0.2) is 0 Å². The highest BCUT2D eigenvalue weighted by Crippen LogP contribution is 2.27. The van der Waals surface area contributed by atoms with Crippen molar-refractivity contribution in [2.45, 2.75) is 32.5 Å². The maximum absolute atomic E-state index is 11.9. The predicted molar refractivity (Wildman–Crippen MR) is 90.8 cm³/mol. The molecule has 1 N–H and O–H groups in total. The highest BCUT2D eigenvalue weighted by atomic mass is 79.9. The molecule has 1 aromatic heterocycles. The highest BCUT2D eigenvalue weighted by Gasteiger charge is 2.31. The van der Waals surface area contributed by atoms with E-state index in [1.807, 2.05) is 50.1 Å². The molecule has 0 spiro atoms. The SMILES string of the molecule is CC(C)(C)OC(=O)NC1CN2C(n3cccn3)=CC(Br)=CC2=N1. The van der Waals surface area contributed by atoms with Crippen molar-refractivity contribution in [1.82, 2.24) is 20.0 Å². The second kappa shape index (κ2) is 5.84. The number of nitrogens with zero attached hydrogens (tertiary/aromatic N) is 4. The van der Waals surface area contributed by atoms with Crippen molar-refractivity contribution in [1.29, 1.82) is 0 Å². The van der Waals surface area contributed by atoms with E-state index in [9.17, 15) is 4.79 Å². The van der Waals surface area contributed by atoms with E-state index < -0.39 is 11.7 Å². The Labute approximate surface area is 142 Å². The summed E-state index contributed by atoms with van der Waals surface area (Å²) in [6, 6.07) is 1.86. The van der Waals surface area contributed by atoms with Gasteiger partial charge in [-0.25, -0.2) is 14.5 Å². The first-order valence-corrected chi connectivity index (χ1v) is 8.05. The van der Waals surface area contributed by atoms with Crippen LogP contribution in [0.5, 0.6) is 0 Å². The summed E-state index contributed by atoms with van der Waals surface area (Å²) < 4.78 is 7.94. The normalized spacial score (nSPS) is 20.4. The molecule has 0 aromatic carbocycles. The summed E-state index contributed by atoms with van der Waals surface area (Å²) in [7, 11) is 0. The Morgan fingerprint density at radius 2 is 2.22 bits per heavy atom. The van der Waals surface area contributed by atoms with Gasteiger partial charge in [0.05, 0.1) is 6.54 Å². The summed E-state index contributed by atoms with van der Waals surface area (Å²) in [5, 5.41) is 7.04. The molecule has 2 aliphatic heterocycles. The summed E-state index contributed by atoms with van der Waals surface area (Å²) in [5.74, 6) is 1.64. The summed E-state index contributed by atoms with van der Waals surface area (Å²) in [5.41, 5.74) is -0.536. The number of ether oxygens (including phenoxy) is 1. The Kier molecular flexibility index (Phi) is 4.01. The second-order valence-electron chi connectivity index (χ2n) is 6.24. The Morgan fingerprint density at radius 1 is 1.43 bits per heavy atom. The number of fused-ring (bicyclic) bond motifs is 1. The molecular weight excluding hydrogens is 362 g/mol. The maximum Gasteiger partial charge on any atom is 0.409 e. The number of hydrogen-bond donors (Lipinski definition) is 1. The van der Waals surface area contributed by atoms with Crippen LogP contribution in [0.25, 0.3) is 5.82 Å². The molecule has 0 radical (unpaired) electrons. The van der Waals surface area contributed by atoms with Crippen LogP contribution in [0.15, 0.2) is 40.1 Å². The Balaban J connectivity index is 1.75. The number of carbonyl (C=O) groups is 1. The molecule has 7 nitrogen and oxygen atoms in total. The Hall–Kier alpha value is -2.09. The fourth-order valence-electron chi connectivity index (χ4n) is 2.34. The number of amides is 1. The maximum atomic E-state index is 11.9. The lowest BCUT2D eigenvalue weighted by molar-refractivity contribution is 0.0506. The van der Waals surface area contributed by atoms with Gasteiger partial charge in [0.2, 0.25) is 0 Å². The van der Waals surface area contributed by atoms with E-state index in [1.54, 1.807) is 10.9 Å². The molecule has 1 amide bonds. The fourth-order valence-corrected chi connectivity index (χ4v) is 2.75. The first-order chi connectivity index (χ1) is 10.8. The van der Waals surface area contributed by atoms with Crippen LogP contribution in [0, 0.1) is 0 Å². The van der Waals surface area contributed by atoms with Crippen LogP contribution in [-0.2, 0) is 4.74 Å². The van der Waals surface area contributed by atoms with Crippen molar-refractivity contribution in [3.63, 3.8) is 0 Å². The monoisotopic (exact) mass is 379 g/mol. The third-order valence-electron chi connectivity index (χ3n) is 3.15. The summed E-state index contributed by atoms with van der Waals surface area (Å²) >= 11 is 3.49. The summed E-state index contributed by atoms with van der Waals surface area (Å²) in [6.45, 7) is 6.01. The van der Waals surface area contributed by atoms with E-state index >= 15 is 0 Å². The smallest absolute Gasteiger partial charge is 0.409 e. The standard InChI is InChI=1S/C15H18BrN5O2/c1-15(2,3)23-14(22)19-11-9-20-12(18-11)7-10(16)8-13(20)21-6-4-5-17-21/h4-8,11H,9H2,1-3H3,(H,19,22). The number of alkyl carbamates (subject to hydrolysis) is 1. The van der Waals surface area contributed by atoms with Crippen molar-refractivity contribution in [2.24, 2.45) is 4.99 Å². The molecule has 1 unspecified atom stereocenters. The van der Waals surface area contributed by atoms with Gasteiger partial charge in [0, 0.05) is 16.9 Å². The molecule has 0 fully saturated rings. The van der Waals surface area contributed by atoms with Gasteiger partial charge in [0.25, 0.3) is 0 Å². The Morgan fingerprint density at radius 3 is 2.87 bits per heavy atom. The minimum absolute atomic E-state index is 0.367. The molecule has 23 heavy (non-hydrogen) atoms. The molecule has 122 valence electrons. The van der Waals surface area contributed by atoms with Gasteiger partial charge in [-0.1, -0.05) is 15.9 Å². The molecule has 1 atom stereocenters. The van der Waals surface area contributed by atoms with Gasteiger partial charge in [-0.05, 0) is 39.0 Å². The molecule has 0 bridgehead atoms. The molecule has 8 heteroatoms. The predicted octanol–water partition coefficient (Wildman–Crippen LogP) is 2.54. The lowest BCUT2D eigenvalue weighted by Gasteiger charge is -2.26. The largest absolute Gasteiger partial charge is 0.444 e. The van der Waals surface area contributed by atoms with Crippen LogP contribution >= 0.6 is 15.9 Å². The van der Waals surface area contributed by atoms with E-state index in [0.717, 1.165) is 16.1 Å². The number of halogens is 1. The zero-order valence-corrected chi connectivity index (χ0v) is 14.7. The van der Waals surface area contributed by atoms with Crippen LogP contribution in [0.2, 0.25) is 0 Å². The number of rotatable bonds is 2. The van der Waals surface area contributed by atoms with Gasteiger partial charge in [0.1, 0.15) is 23.4 Å². The van der Waals surface area contributed by atoms with Crippen LogP contribution < -0.4 is 5.32 Å². The third-order valence-corrected chi connectivity index (χ3v) is 3.61. The second-order valence-corrected chi connectivity index (χ2v) is 7.16. The number of amidine groups is 1. The molecule has 1 aromatic rings. The Bertz CT molecular complexity index is 700. The van der Waals surface area contributed by atoms with Gasteiger partial charge in [-0.2, -0.15) is 5.10 Å². The zero-order valence-electron chi connectivity index (χ0n) is 13.2. The molecule has 0 saturated heterocycles. The number of nitrogens with one attached hydrogen (secondary N) is 1. The highest BCUT2D eigenvalue weighted by molar-refractivity contribution is 9.11. The van der Waals surface area contributed by atoms with Crippen molar-refractivity contribution in [3.8, 4) is 0 Å². The average molecular weight is 380 g/mol. The van der Waals surface area contributed by atoms with E-state index in [-0.39, 0.29) is 6.17 Å².